The molecule has 2 atom stereocenters. The molecule has 18 heavy (non-hydrogen) atoms. The van der Waals surface area contributed by atoms with E-state index >= 15 is 0 Å². The van der Waals surface area contributed by atoms with Gasteiger partial charge < -0.3 is 5.11 Å². The third kappa shape index (κ3) is 20.8. The van der Waals surface area contributed by atoms with E-state index in [0.29, 0.717) is 0 Å². The van der Waals surface area contributed by atoms with Gasteiger partial charge in [0.05, 0.1) is 6.10 Å². The molecule has 0 aliphatic heterocycles. The zero-order valence-electron chi connectivity index (χ0n) is 13.5. The van der Waals surface area contributed by atoms with Crippen LogP contribution in [-0.2, 0) is 0 Å². The summed E-state index contributed by atoms with van der Waals surface area (Å²) in [6, 6.07) is 0. The summed E-state index contributed by atoms with van der Waals surface area (Å²) in [5.41, 5.74) is 0. The van der Waals surface area contributed by atoms with Crippen molar-refractivity contribution >= 4 is 0 Å². The van der Waals surface area contributed by atoms with Gasteiger partial charge in [-0.15, -0.1) is 0 Å². The summed E-state index contributed by atoms with van der Waals surface area (Å²) in [4.78, 5) is 0. The van der Waals surface area contributed by atoms with E-state index in [4.69, 9.17) is 0 Å². The molecule has 1 heteroatoms. The van der Waals surface area contributed by atoms with Gasteiger partial charge in [0.25, 0.3) is 0 Å². The topological polar surface area (TPSA) is 20.2 Å². The smallest absolute Gasteiger partial charge is 0.0780 e. The third-order valence-corrected chi connectivity index (χ3v) is 1.81. The number of rotatable bonds is 0. The number of hydrogen-bond donors (Lipinski definition) is 1. The molecule has 0 bridgehead atoms. The van der Waals surface area contributed by atoms with Crippen LogP contribution in [0.3, 0.4) is 0 Å². The summed E-state index contributed by atoms with van der Waals surface area (Å²) >= 11 is 0. The summed E-state index contributed by atoms with van der Waals surface area (Å²) in [5, 5.41) is 9.34. The molecule has 108 valence electrons. The highest BCUT2D eigenvalue weighted by atomic mass is 16.3. The first-order valence-electron chi connectivity index (χ1n) is 7.28. The maximum atomic E-state index is 9.34. The van der Waals surface area contributed by atoms with Crippen molar-refractivity contribution in [3.05, 3.63) is 24.3 Å². The minimum atomic E-state index is -0.281. The number of allylic oxidation sites excluding steroid dienone is 2. The Hall–Kier alpha value is -0.560. The molecule has 1 aliphatic rings. The van der Waals surface area contributed by atoms with Gasteiger partial charge in [0.2, 0.25) is 0 Å². The van der Waals surface area contributed by atoms with E-state index in [2.05, 4.69) is 53.7 Å². The minimum Gasteiger partial charge on any atom is -0.388 e. The predicted octanol–water partition coefficient (Wildman–Crippen LogP) is 5.21. The summed E-state index contributed by atoms with van der Waals surface area (Å²) in [5.74, 6) is 1.94. The van der Waals surface area contributed by atoms with Gasteiger partial charge in [-0.1, -0.05) is 72.8 Å². The van der Waals surface area contributed by atoms with Crippen LogP contribution in [0.2, 0.25) is 0 Å². The Morgan fingerprint density at radius 3 is 1.56 bits per heavy atom. The molecule has 1 N–H and O–H groups in total. The first kappa shape index (κ1) is 19.8. The second kappa shape index (κ2) is 12.9. The Labute approximate surface area is 115 Å². The second-order valence-corrected chi connectivity index (χ2v) is 6.25. The fourth-order valence-electron chi connectivity index (χ4n) is 1.03. The van der Waals surface area contributed by atoms with Gasteiger partial charge in [-0.05, 0) is 24.7 Å². The average molecular weight is 254 g/mol. The van der Waals surface area contributed by atoms with Crippen LogP contribution in [0.1, 0.15) is 61.3 Å². The average Bonchev–Trinajstić information content (AvgIpc) is 2.18. The first-order chi connectivity index (χ1) is 8.27. The molecular formula is C17H34O. The van der Waals surface area contributed by atoms with Gasteiger partial charge in [0.1, 0.15) is 0 Å². The van der Waals surface area contributed by atoms with Crippen LogP contribution in [0.5, 0.6) is 0 Å². The third-order valence-electron chi connectivity index (χ3n) is 1.81. The lowest BCUT2D eigenvalue weighted by atomic mass is 10.0. The van der Waals surface area contributed by atoms with E-state index in [-0.39, 0.29) is 12.0 Å². The first-order valence-corrected chi connectivity index (χ1v) is 7.28. The number of hydrogen-bond acceptors (Lipinski definition) is 1. The van der Waals surface area contributed by atoms with E-state index in [1.54, 1.807) is 0 Å². The van der Waals surface area contributed by atoms with Gasteiger partial charge in [0.15, 0.2) is 0 Å². The Kier molecular flexibility index (Phi) is 14.2. The molecule has 0 aromatic carbocycles. The monoisotopic (exact) mass is 254 g/mol. The normalized spacial score (nSPS) is 26.1. The highest BCUT2D eigenvalue weighted by Gasteiger charge is 2.07. The molecule has 1 nitrogen and oxygen atoms in total. The highest BCUT2D eigenvalue weighted by molar-refractivity contribution is 5.02. The Balaban J connectivity index is 0. The molecule has 1 rings (SSSR count). The van der Waals surface area contributed by atoms with E-state index in [9.17, 15) is 5.11 Å². The van der Waals surface area contributed by atoms with Crippen molar-refractivity contribution in [2.24, 2.45) is 17.8 Å². The van der Waals surface area contributed by atoms with Gasteiger partial charge in [0, 0.05) is 5.92 Å². The number of aliphatic hydroxyl groups excluding tert-OH is 1. The molecule has 0 radical (unpaired) electrons. The summed E-state index contributed by atoms with van der Waals surface area (Å²) < 4.78 is 0. The fraction of sp³-hybridized carbons (Fsp3) is 0.765. The van der Waals surface area contributed by atoms with E-state index in [0.717, 1.165) is 24.7 Å². The molecule has 0 aromatic rings. The van der Waals surface area contributed by atoms with Crippen LogP contribution in [0.4, 0.5) is 0 Å². The zero-order valence-corrected chi connectivity index (χ0v) is 13.5. The Morgan fingerprint density at radius 2 is 1.17 bits per heavy atom. The summed E-state index contributed by atoms with van der Waals surface area (Å²) in [6.07, 6.45) is 10.0. The SMILES string of the molecule is CC(C)C.CC(C)C.CC1/C=C\CC/C=C\C1O. The van der Waals surface area contributed by atoms with Crippen molar-refractivity contribution in [3.63, 3.8) is 0 Å². The maximum Gasteiger partial charge on any atom is 0.0780 e. The van der Waals surface area contributed by atoms with E-state index in [1.165, 1.54) is 0 Å². The van der Waals surface area contributed by atoms with E-state index < -0.39 is 0 Å². The van der Waals surface area contributed by atoms with Gasteiger partial charge in [-0.2, -0.15) is 0 Å². The molecule has 0 amide bonds. The Morgan fingerprint density at radius 1 is 0.833 bits per heavy atom. The van der Waals surface area contributed by atoms with Crippen molar-refractivity contribution in [2.75, 3.05) is 0 Å². The lowest BCUT2D eigenvalue weighted by molar-refractivity contribution is 0.184. The van der Waals surface area contributed by atoms with Gasteiger partial charge >= 0.3 is 0 Å². The maximum absolute atomic E-state index is 9.34. The van der Waals surface area contributed by atoms with Crippen LogP contribution >= 0.6 is 0 Å². The fourth-order valence-corrected chi connectivity index (χ4v) is 1.03. The van der Waals surface area contributed by atoms with Crippen molar-refractivity contribution in [1.29, 1.82) is 0 Å². The summed E-state index contributed by atoms with van der Waals surface area (Å²) in [7, 11) is 0. The van der Waals surface area contributed by atoms with Crippen LogP contribution in [0.25, 0.3) is 0 Å². The van der Waals surface area contributed by atoms with Crippen molar-refractivity contribution in [1.82, 2.24) is 0 Å². The van der Waals surface area contributed by atoms with Gasteiger partial charge in [-0.25, -0.2) is 0 Å². The van der Waals surface area contributed by atoms with Gasteiger partial charge in [-0.3, -0.25) is 0 Å². The summed E-state index contributed by atoms with van der Waals surface area (Å²) in [6.45, 7) is 15.0. The van der Waals surface area contributed by atoms with Crippen LogP contribution in [0, 0.1) is 17.8 Å². The van der Waals surface area contributed by atoms with Crippen LogP contribution < -0.4 is 0 Å². The Bertz CT molecular complexity index is 184. The standard InChI is InChI=1S/C9H14O.2C4H10/c1-8-6-4-2-3-5-7-9(8)10;2*1-4(2)3/h4-10H,2-3H2,1H3;2*4H,1-3H3/b6-4-,7-5-;;. The van der Waals surface area contributed by atoms with Crippen molar-refractivity contribution in [2.45, 2.75) is 67.4 Å². The minimum absolute atomic E-state index is 0.275. The van der Waals surface area contributed by atoms with Crippen molar-refractivity contribution < 1.29 is 5.11 Å². The lowest BCUT2D eigenvalue weighted by Crippen LogP contribution is -2.12. The molecule has 0 fully saturated rings. The number of aliphatic hydroxyl groups is 1. The quantitative estimate of drug-likeness (QED) is 0.588. The molecule has 0 aromatic heterocycles. The van der Waals surface area contributed by atoms with E-state index in [1.807, 2.05) is 19.1 Å². The lowest BCUT2D eigenvalue weighted by Gasteiger charge is -2.12. The zero-order chi connectivity index (χ0) is 14.6. The largest absolute Gasteiger partial charge is 0.388 e. The molecule has 0 spiro atoms. The molecular weight excluding hydrogens is 220 g/mol. The van der Waals surface area contributed by atoms with Crippen LogP contribution in [0.15, 0.2) is 24.3 Å². The van der Waals surface area contributed by atoms with Crippen molar-refractivity contribution in [3.8, 4) is 0 Å². The molecule has 1 aliphatic carbocycles. The highest BCUT2D eigenvalue weighted by Crippen LogP contribution is 2.10. The molecule has 0 saturated carbocycles. The molecule has 2 unspecified atom stereocenters. The predicted molar refractivity (Wildman–Crippen MR) is 83.7 cm³/mol. The van der Waals surface area contributed by atoms with Crippen LogP contribution in [-0.4, -0.2) is 11.2 Å². The molecule has 0 saturated heterocycles. The molecule has 0 heterocycles. The second-order valence-electron chi connectivity index (χ2n) is 6.25.